The maximum atomic E-state index is 14.4. The van der Waals surface area contributed by atoms with Crippen molar-refractivity contribution in [3.05, 3.63) is 59.3 Å². The van der Waals surface area contributed by atoms with E-state index in [1.807, 2.05) is 18.2 Å². The Morgan fingerprint density at radius 3 is 2.88 bits per heavy atom. The van der Waals surface area contributed by atoms with E-state index >= 15 is 0 Å². The van der Waals surface area contributed by atoms with Gasteiger partial charge in [0, 0.05) is 23.1 Å². The molecule has 0 spiro atoms. The molecule has 1 amide bonds. The van der Waals surface area contributed by atoms with E-state index < -0.39 is 11.6 Å². The van der Waals surface area contributed by atoms with Crippen LogP contribution in [0.3, 0.4) is 0 Å². The Bertz CT molecular complexity index is 1250. The minimum Gasteiger partial charge on any atom is -0.482 e. The normalized spacial score (nSPS) is 22.1. The first kappa shape index (κ1) is 22.5. The van der Waals surface area contributed by atoms with Crippen LogP contribution in [0.4, 0.5) is 14.5 Å². The van der Waals surface area contributed by atoms with Crippen LogP contribution in [0.2, 0.25) is 0 Å². The van der Waals surface area contributed by atoms with Gasteiger partial charge in [-0.1, -0.05) is 13.0 Å². The second-order valence-corrected chi connectivity index (χ2v) is 9.00. The number of halogens is 2. The highest BCUT2D eigenvalue weighted by atomic mass is 19.2. The number of rotatable bonds is 5. The molecule has 3 unspecified atom stereocenters. The van der Waals surface area contributed by atoms with Gasteiger partial charge in [-0.3, -0.25) is 10.1 Å². The van der Waals surface area contributed by atoms with Crippen LogP contribution in [0, 0.1) is 30.4 Å². The molecule has 6 nitrogen and oxygen atoms in total. The molecule has 34 heavy (non-hydrogen) atoms. The maximum Gasteiger partial charge on any atom is 0.262 e. The molecule has 3 aromatic rings. The van der Waals surface area contributed by atoms with E-state index in [0.717, 1.165) is 37.4 Å². The van der Waals surface area contributed by atoms with Crippen molar-refractivity contribution in [2.75, 3.05) is 18.5 Å². The van der Waals surface area contributed by atoms with Crippen LogP contribution in [-0.2, 0) is 11.2 Å². The van der Waals surface area contributed by atoms with Gasteiger partial charge in [0.05, 0.1) is 5.69 Å². The van der Waals surface area contributed by atoms with E-state index in [4.69, 9.17) is 9.47 Å². The lowest BCUT2D eigenvalue weighted by Gasteiger charge is -2.39. The highest BCUT2D eigenvalue weighted by Gasteiger charge is 2.34. The van der Waals surface area contributed by atoms with Gasteiger partial charge in [-0.05, 0) is 68.5 Å². The summed E-state index contributed by atoms with van der Waals surface area (Å²) in [6, 6.07) is 10.5. The number of hydrogen-bond acceptors (Lipinski definition) is 5. The Labute approximate surface area is 196 Å². The number of aryl methyl sites for hydroxylation is 1. The molecule has 0 aliphatic carbocycles. The third-order valence-electron chi connectivity index (χ3n) is 6.73. The number of piperidine rings is 1. The molecule has 8 heteroatoms. The van der Waals surface area contributed by atoms with Crippen LogP contribution >= 0.6 is 0 Å². The fraction of sp³-hybridized carbons (Fsp3) is 0.385. The van der Waals surface area contributed by atoms with Crippen molar-refractivity contribution in [1.29, 1.82) is 0 Å². The smallest absolute Gasteiger partial charge is 0.262 e. The minimum atomic E-state index is -0.973. The minimum absolute atomic E-state index is 0.0197. The number of amides is 1. The number of carbonyl (C=O) groups is 1. The molecule has 5 rings (SSSR count). The Kier molecular flexibility index (Phi) is 6.08. The Hall–Kier alpha value is -3.26. The van der Waals surface area contributed by atoms with Crippen LogP contribution in [-0.4, -0.2) is 30.3 Å². The first-order chi connectivity index (χ1) is 16.4. The first-order valence-corrected chi connectivity index (χ1v) is 11.6. The predicted molar refractivity (Wildman–Crippen MR) is 125 cm³/mol. The van der Waals surface area contributed by atoms with E-state index in [0.29, 0.717) is 28.4 Å². The number of ether oxygens (including phenoxy) is 2. The van der Waals surface area contributed by atoms with Gasteiger partial charge in [-0.15, -0.1) is 0 Å². The maximum absolute atomic E-state index is 14.4. The van der Waals surface area contributed by atoms with Crippen molar-refractivity contribution in [2.24, 2.45) is 11.8 Å². The van der Waals surface area contributed by atoms with Crippen molar-refractivity contribution in [1.82, 2.24) is 10.3 Å². The number of hydrogen-bond donors (Lipinski definition) is 2. The molecule has 0 saturated carbocycles. The van der Waals surface area contributed by atoms with Gasteiger partial charge in [0.25, 0.3) is 5.91 Å². The van der Waals surface area contributed by atoms with Gasteiger partial charge >= 0.3 is 0 Å². The van der Waals surface area contributed by atoms with Crippen molar-refractivity contribution in [3.63, 3.8) is 0 Å². The zero-order chi connectivity index (χ0) is 23.8. The lowest BCUT2D eigenvalue weighted by atomic mass is 9.79. The number of pyridine rings is 1. The van der Waals surface area contributed by atoms with Gasteiger partial charge in [0.15, 0.2) is 24.5 Å². The monoisotopic (exact) mass is 467 g/mol. The molecule has 3 heterocycles. The topological polar surface area (TPSA) is 72.5 Å². The van der Waals surface area contributed by atoms with Gasteiger partial charge in [0.1, 0.15) is 17.0 Å². The standard InChI is InChI=1S/C26H27F2N3O3/c1-3-17-16(10-15-5-7-21-20(11-15)31-23(32)13-33-21)8-9-29-26(17)34-22-12-19(27)24(28)25-18(22)6-4-14(2)30-25/h4-7,11-12,16-17,26,29H,3,8-10,13H2,1-2H3,(H,31,32). The number of fused-ring (bicyclic) bond motifs is 2. The second-order valence-electron chi connectivity index (χ2n) is 9.00. The lowest BCUT2D eigenvalue weighted by molar-refractivity contribution is -0.118. The van der Waals surface area contributed by atoms with Gasteiger partial charge in [-0.25, -0.2) is 13.8 Å². The Morgan fingerprint density at radius 2 is 2.06 bits per heavy atom. The SMILES string of the molecule is CCC1C(Cc2ccc3c(c2)NC(=O)CO3)CCNC1Oc1cc(F)c(F)c2nc(C)ccc12. The number of anilines is 1. The van der Waals surface area contributed by atoms with Gasteiger partial charge < -0.3 is 14.8 Å². The third-order valence-corrected chi connectivity index (χ3v) is 6.73. The van der Waals surface area contributed by atoms with Crippen molar-refractivity contribution >= 4 is 22.5 Å². The molecular formula is C26H27F2N3O3. The average Bonchev–Trinajstić information content (AvgIpc) is 2.82. The molecular weight excluding hydrogens is 440 g/mol. The van der Waals surface area contributed by atoms with E-state index in [-0.39, 0.29) is 35.9 Å². The second kappa shape index (κ2) is 9.18. The van der Waals surface area contributed by atoms with E-state index in [9.17, 15) is 13.6 Å². The molecule has 2 aliphatic rings. The molecule has 0 radical (unpaired) electrons. The van der Waals surface area contributed by atoms with Crippen LogP contribution in [0.5, 0.6) is 11.5 Å². The summed E-state index contributed by atoms with van der Waals surface area (Å²) >= 11 is 0. The molecule has 1 aromatic heterocycles. The van der Waals surface area contributed by atoms with Crippen LogP contribution in [0.1, 0.15) is 31.0 Å². The molecule has 1 saturated heterocycles. The first-order valence-electron chi connectivity index (χ1n) is 11.6. The summed E-state index contributed by atoms with van der Waals surface area (Å²) in [7, 11) is 0. The molecule has 1 fully saturated rings. The van der Waals surface area contributed by atoms with E-state index in [1.165, 1.54) is 0 Å². The molecule has 178 valence electrons. The summed E-state index contributed by atoms with van der Waals surface area (Å²) in [5, 5.41) is 6.73. The zero-order valence-corrected chi connectivity index (χ0v) is 19.2. The van der Waals surface area contributed by atoms with Crippen molar-refractivity contribution < 1.29 is 23.0 Å². The molecule has 3 atom stereocenters. The fourth-order valence-electron chi connectivity index (χ4n) is 5.04. The number of nitrogens with one attached hydrogen (secondary N) is 2. The summed E-state index contributed by atoms with van der Waals surface area (Å²) in [5.41, 5.74) is 2.39. The summed E-state index contributed by atoms with van der Waals surface area (Å²) in [5.74, 6) is -0.670. The zero-order valence-electron chi connectivity index (χ0n) is 19.2. The summed E-state index contributed by atoms with van der Waals surface area (Å²) < 4.78 is 40.5. The summed E-state index contributed by atoms with van der Waals surface area (Å²) in [4.78, 5) is 15.9. The number of carbonyl (C=O) groups excluding carboxylic acids is 1. The highest BCUT2D eigenvalue weighted by Crippen LogP contribution is 2.36. The lowest BCUT2D eigenvalue weighted by Crippen LogP contribution is -2.49. The largest absolute Gasteiger partial charge is 0.482 e. The summed E-state index contributed by atoms with van der Waals surface area (Å²) in [6.45, 7) is 4.63. The molecule has 2 aliphatic heterocycles. The van der Waals surface area contributed by atoms with Gasteiger partial charge in [0.2, 0.25) is 0 Å². The fourth-order valence-corrected chi connectivity index (χ4v) is 5.04. The third kappa shape index (κ3) is 4.30. The quantitative estimate of drug-likeness (QED) is 0.567. The number of nitrogens with zero attached hydrogens (tertiary/aromatic N) is 1. The average molecular weight is 468 g/mol. The van der Waals surface area contributed by atoms with E-state index in [1.54, 1.807) is 19.1 Å². The summed E-state index contributed by atoms with van der Waals surface area (Å²) in [6.07, 6.45) is 2.27. The Morgan fingerprint density at radius 1 is 1.21 bits per heavy atom. The van der Waals surface area contributed by atoms with E-state index in [2.05, 4.69) is 22.5 Å². The van der Waals surface area contributed by atoms with Crippen LogP contribution in [0.25, 0.3) is 10.9 Å². The predicted octanol–water partition coefficient (Wildman–Crippen LogP) is 4.74. The number of aromatic nitrogens is 1. The molecule has 2 aromatic carbocycles. The molecule has 0 bridgehead atoms. The Balaban J connectivity index is 1.39. The van der Waals surface area contributed by atoms with Crippen LogP contribution < -0.4 is 20.1 Å². The van der Waals surface area contributed by atoms with Crippen molar-refractivity contribution in [2.45, 2.75) is 39.3 Å². The number of benzene rings is 2. The highest BCUT2D eigenvalue weighted by molar-refractivity contribution is 5.95. The molecule has 2 N–H and O–H groups in total. The van der Waals surface area contributed by atoms with Crippen molar-refractivity contribution in [3.8, 4) is 11.5 Å². The van der Waals surface area contributed by atoms with Gasteiger partial charge in [-0.2, -0.15) is 0 Å². The van der Waals surface area contributed by atoms with Crippen LogP contribution in [0.15, 0.2) is 36.4 Å².